The van der Waals surface area contributed by atoms with Crippen molar-refractivity contribution in [2.45, 2.75) is 31.8 Å². The lowest BCUT2D eigenvalue weighted by Gasteiger charge is -2.17. The largest absolute Gasteiger partial charge is 0.334 e. The minimum Gasteiger partial charge on any atom is -0.334 e. The summed E-state index contributed by atoms with van der Waals surface area (Å²) in [4.78, 5) is 14.5. The second-order valence-electron chi connectivity index (χ2n) is 6.06. The first kappa shape index (κ1) is 13.9. The Kier molecular flexibility index (Phi) is 3.80. The Balaban J connectivity index is 1.52. The predicted molar refractivity (Wildman–Crippen MR) is 80.9 cm³/mol. The van der Waals surface area contributed by atoms with Gasteiger partial charge in [0.15, 0.2) is 0 Å². The number of carbonyl (C=O) groups excluding carboxylic acids is 1. The van der Waals surface area contributed by atoms with Crippen LogP contribution in [0, 0.1) is 17.2 Å². The minimum atomic E-state index is -0.172. The van der Waals surface area contributed by atoms with Gasteiger partial charge in [0.25, 0.3) is 0 Å². The fourth-order valence-electron chi connectivity index (χ4n) is 2.89. The van der Waals surface area contributed by atoms with Crippen molar-refractivity contribution in [3.8, 4) is 6.07 Å². The van der Waals surface area contributed by atoms with Crippen LogP contribution in [0.2, 0.25) is 0 Å². The number of hydrogen-bond donors (Lipinski definition) is 2. The molecule has 110 valence electrons. The molecule has 21 heavy (non-hydrogen) atoms. The third-order valence-electron chi connectivity index (χ3n) is 4.29. The molecule has 2 N–H and O–H groups in total. The highest BCUT2D eigenvalue weighted by atomic mass is 16.2. The molecule has 2 aliphatic rings. The van der Waals surface area contributed by atoms with E-state index < -0.39 is 0 Å². The van der Waals surface area contributed by atoms with E-state index in [1.54, 1.807) is 24.3 Å². The summed E-state index contributed by atoms with van der Waals surface area (Å²) in [7, 11) is 0. The van der Waals surface area contributed by atoms with Gasteiger partial charge in [0, 0.05) is 30.9 Å². The molecule has 2 atom stereocenters. The van der Waals surface area contributed by atoms with Crippen molar-refractivity contribution >= 4 is 11.7 Å². The summed E-state index contributed by atoms with van der Waals surface area (Å²) >= 11 is 0. The van der Waals surface area contributed by atoms with E-state index in [2.05, 4.69) is 28.5 Å². The first-order valence-electron chi connectivity index (χ1n) is 7.47. The van der Waals surface area contributed by atoms with Crippen LogP contribution in [-0.4, -0.2) is 36.1 Å². The van der Waals surface area contributed by atoms with Crippen LogP contribution in [0.15, 0.2) is 24.3 Å². The molecule has 1 aliphatic carbocycles. The number of nitriles is 1. The molecular formula is C16H20N4O. The zero-order valence-electron chi connectivity index (χ0n) is 12.2. The van der Waals surface area contributed by atoms with E-state index in [0.29, 0.717) is 17.2 Å². The maximum absolute atomic E-state index is 12.1. The third-order valence-corrected chi connectivity index (χ3v) is 4.29. The molecule has 0 unspecified atom stereocenters. The Labute approximate surface area is 124 Å². The van der Waals surface area contributed by atoms with Crippen LogP contribution in [0.3, 0.4) is 0 Å². The Hall–Kier alpha value is -2.06. The zero-order chi connectivity index (χ0) is 14.8. The quantitative estimate of drug-likeness (QED) is 0.893. The van der Waals surface area contributed by atoms with Crippen LogP contribution in [0.4, 0.5) is 10.5 Å². The average Bonchev–Trinajstić information content (AvgIpc) is 3.26. The smallest absolute Gasteiger partial charge is 0.319 e. The summed E-state index contributed by atoms with van der Waals surface area (Å²) in [6, 6.07) is 9.73. The van der Waals surface area contributed by atoms with Crippen molar-refractivity contribution in [2.75, 3.05) is 18.4 Å². The first-order valence-corrected chi connectivity index (χ1v) is 7.47. The van der Waals surface area contributed by atoms with Crippen molar-refractivity contribution < 1.29 is 4.79 Å². The molecule has 1 saturated heterocycles. The highest BCUT2D eigenvalue weighted by Crippen LogP contribution is 2.31. The van der Waals surface area contributed by atoms with Crippen LogP contribution >= 0.6 is 0 Å². The summed E-state index contributed by atoms with van der Waals surface area (Å²) in [5, 5.41) is 14.6. The van der Waals surface area contributed by atoms with Crippen LogP contribution in [0.1, 0.15) is 25.3 Å². The van der Waals surface area contributed by atoms with Gasteiger partial charge in [-0.1, -0.05) is 6.92 Å². The second-order valence-corrected chi connectivity index (χ2v) is 6.06. The number of urea groups is 1. The molecule has 3 rings (SSSR count). The Morgan fingerprint density at radius 3 is 2.62 bits per heavy atom. The molecule has 2 amide bonds. The number of anilines is 1. The van der Waals surface area contributed by atoms with Crippen LogP contribution in [-0.2, 0) is 0 Å². The summed E-state index contributed by atoms with van der Waals surface area (Å²) in [6.07, 6.45) is 2.60. The number of likely N-dealkylation sites (tertiary alicyclic amines) is 1. The van der Waals surface area contributed by atoms with Gasteiger partial charge in [-0.2, -0.15) is 5.26 Å². The summed E-state index contributed by atoms with van der Waals surface area (Å²) < 4.78 is 0. The summed E-state index contributed by atoms with van der Waals surface area (Å²) in [6.45, 7) is 4.22. The minimum absolute atomic E-state index is 0.172. The number of hydrogen-bond acceptors (Lipinski definition) is 3. The lowest BCUT2D eigenvalue weighted by atomic mass is 10.1. The van der Waals surface area contributed by atoms with Crippen molar-refractivity contribution in [2.24, 2.45) is 5.92 Å². The maximum atomic E-state index is 12.1. The van der Waals surface area contributed by atoms with Crippen molar-refractivity contribution in [3.63, 3.8) is 0 Å². The number of benzene rings is 1. The van der Waals surface area contributed by atoms with E-state index in [9.17, 15) is 4.79 Å². The summed E-state index contributed by atoms with van der Waals surface area (Å²) in [5.74, 6) is 0.484. The van der Waals surface area contributed by atoms with Gasteiger partial charge in [0.1, 0.15) is 0 Å². The fourth-order valence-corrected chi connectivity index (χ4v) is 2.89. The number of nitrogens with zero attached hydrogens (tertiary/aromatic N) is 2. The number of nitrogens with one attached hydrogen (secondary N) is 2. The summed E-state index contributed by atoms with van der Waals surface area (Å²) in [5.41, 5.74) is 1.29. The monoisotopic (exact) mass is 284 g/mol. The van der Waals surface area contributed by atoms with Gasteiger partial charge in [-0.25, -0.2) is 4.79 Å². The molecule has 0 bridgehead atoms. The van der Waals surface area contributed by atoms with Gasteiger partial charge in [-0.15, -0.1) is 0 Å². The van der Waals surface area contributed by atoms with E-state index in [0.717, 1.165) is 19.1 Å². The molecule has 1 aromatic rings. The van der Waals surface area contributed by atoms with E-state index in [-0.39, 0.29) is 12.1 Å². The third kappa shape index (κ3) is 3.34. The zero-order valence-corrected chi connectivity index (χ0v) is 12.2. The highest BCUT2D eigenvalue weighted by Gasteiger charge is 2.38. The SMILES string of the molecule is C[C@H]1CN(C2CC2)C[C@@H]1NC(=O)Nc1ccc(C#N)cc1. The molecule has 5 nitrogen and oxygen atoms in total. The Morgan fingerprint density at radius 1 is 1.29 bits per heavy atom. The van der Waals surface area contributed by atoms with E-state index in [4.69, 9.17) is 5.26 Å². The highest BCUT2D eigenvalue weighted by molar-refractivity contribution is 5.89. The molecule has 0 spiro atoms. The van der Waals surface area contributed by atoms with Crippen molar-refractivity contribution in [1.82, 2.24) is 10.2 Å². The molecule has 5 heteroatoms. The van der Waals surface area contributed by atoms with E-state index in [1.807, 2.05) is 0 Å². The van der Waals surface area contributed by atoms with Crippen LogP contribution in [0.5, 0.6) is 0 Å². The van der Waals surface area contributed by atoms with Gasteiger partial charge < -0.3 is 10.6 Å². The van der Waals surface area contributed by atoms with Crippen molar-refractivity contribution in [1.29, 1.82) is 5.26 Å². The normalized spacial score (nSPS) is 25.3. The van der Waals surface area contributed by atoms with Crippen LogP contribution < -0.4 is 10.6 Å². The average molecular weight is 284 g/mol. The molecule has 1 aliphatic heterocycles. The molecular weight excluding hydrogens is 264 g/mol. The predicted octanol–water partition coefficient (Wildman–Crippen LogP) is 2.16. The molecule has 1 aromatic carbocycles. The molecule has 2 fully saturated rings. The van der Waals surface area contributed by atoms with Crippen molar-refractivity contribution in [3.05, 3.63) is 29.8 Å². The van der Waals surface area contributed by atoms with Crippen LogP contribution in [0.25, 0.3) is 0 Å². The molecule has 1 heterocycles. The Bertz CT molecular complexity index is 559. The first-order chi connectivity index (χ1) is 10.2. The number of carbonyl (C=O) groups is 1. The molecule has 0 aromatic heterocycles. The standard InChI is InChI=1S/C16H20N4O/c1-11-9-20(14-6-7-14)10-15(11)19-16(21)18-13-4-2-12(8-17)3-5-13/h2-5,11,14-15H,6-7,9-10H2,1H3,(H2,18,19,21)/t11-,15-/m0/s1. The van der Waals surface area contributed by atoms with Gasteiger partial charge >= 0.3 is 6.03 Å². The lowest BCUT2D eigenvalue weighted by Crippen LogP contribution is -2.42. The molecule has 0 radical (unpaired) electrons. The number of rotatable bonds is 3. The second kappa shape index (κ2) is 5.74. The van der Waals surface area contributed by atoms with Gasteiger partial charge in [-0.3, -0.25) is 4.90 Å². The van der Waals surface area contributed by atoms with E-state index >= 15 is 0 Å². The van der Waals surface area contributed by atoms with Gasteiger partial charge in [0.05, 0.1) is 11.6 Å². The maximum Gasteiger partial charge on any atom is 0.319 e. The topological polar surface area (TPSA) is 68.2 Å². The Morgan fingerprint density at radius 2 is 2.00 bits per heavy atom. The van der Waals surface area contributed by atoms with E-state index in [1.165, 1.54) is 12.8 Å². The van der Waals surface area contributed by atoms with Gasteiger partial charge in [-0.05, 0) is 43.0 Å². The number of amides is 2. The molecule has 1 saturated carbocycles. The fraction of sp³-hybridized carbons (Fsp3) is 0.500. The van der Waals surface area contributed by atoms with Gasteiger partial charge in [0.2, 0.25) is 0 Å². The lowest BCUT2D eigenvalue weighted by molar-refractivity contribution is 0.246.